The van der Waals surface area contributed by atoms with Crippen molar-refractivity contribution in [2.75, 3.05) is 24.5 Å². The summed E-state index contributed by atoms with van der Waals surface area (Å²) in [7, 11) is 0. The standard InChI is InChI=1S/C25H27N5O/c1-3-21-12-19(8-9-27-21)22-13-20(14-26)25(28-24(22)18-6-7-18)29-10-11-30(16(2)31)23(15-29)17-4-5-17/h3,8-9,12-13,17-18,23H,1,4-7,10-11,15H2,2H3. The lowest BCUT2D eigenvalue weighted by molar-refractivity contribution is -0.132. The summed E-state index contributed by atoms with van der Waals surface area (Å²) in [5, 5.41) is 9.98. The Morgan fingerprint density at radius 1 is 1.26 bits per heavy atom. The Morgan fingerprint density at radius 3 is 2.71 bits per heavy atom. The van der Waals surface area contributed by atoms with Crippen molar-refractivity contribution in [3.8, 4) is 17.2 Å². The summed E-state index contributed by atoms with van der Waals surface area (Å²) in [6, 6.07) is 8.60. The molecule has 0 N–H and O–H groups in total. The largest absolute Gasteiger partial charge is 0.352 e. The lowest BCUT2D eigenvalue weighted by atomic mass is 9.98. The van der Waals surface area contributed by atoms with Crippen LogP contribution in [0, 0.1) is 17.2 Å². The third-order valence-corrected chi connectivity index (χ3v) is 6.71. The fraction of sp³-hybridized carbons (Fsp3) is 0.440. The van der Waals surface area contributed by atoms with E-state index in [2.05, 4.69) is 22.5 Å². The van der Waals surface area contributed by atoms with Crippen molar-refractivity contribution in [3.63, 3.8) is 0 Å². The Morgan fingerprint density at radius 2 is 2.06 bits per heavy atom. The minimum atomic E-state index is 0.148. The molecule has 6 nitrogen and oxygen atoms in total. The van der Waals surface area contributed by atoms with E-state index in [1.54, 1.807) is 19.2 Å². The Balaban J connectivity index is 1.54. The van der Waals surface area contributed by atoms with Crippen LogP contribution in [-0.2, 0) is 4.79 Å². The highest BCUT2D eigenvalue weighted by molar-refractivity contribution is 5.75. The molecule has 31 heavy (non-hydrogen) atoms. The molecular weight excluding hydrogens is 386 g/mol. The Hall–Kier alpha value is -3.20. The predicted octanol–water partition coefficient (Wildman–Crippen LogP) is 3.98. The molecule has 1 unspecified atom stereocenters. The van der Waals surface area contributed by atoms with Gasteiger partial charge in [0.1, 0.15) is 11.9 Å². The van der Waals surface area contributed by atoms with Crippen LogP contribution in [0.15, 0.2) is 31.0 Å². The van der Waals surface area contributed by atoms with Gasteiger partial charge in [-0.15, -0.1) is 0 Å². The van der Waals surface area contributed by atoms with E-state index in [9.17, 15) is 10.1 Å². The van der Waals surface area contributed by atoms with Crippen molar-refractivity contribution >= 4 is 17.8 Å². The summed E-state index contributed by atoms with van der Waals surface area (Å²) in [4.78, 5) is 25.8. The monoisotopic (exact) mass is 413 g/mol. The topological polar surface area (TPSA) is 73.1 Å². The molecule has 3 heterocycles. The highest BCUT2D eigenvalue weighted by Gasteiger charge is 2.41. The van der Waals surface area contributed by atoms with Gasteiger partial charge in [0, 0.05) is 44.2 Å². The summed E-state index contributed by atoms with van der Waals surface area (Å²) in [6.45, 7) is 7.65. The molecule has 0 spiro atoms. The van der Waals surface area contributed by atoms with E-state index in [4.69, 9.17) is 4.98 Å². The van der Waals surface area contributed by atoms with Crippen molar-refractivity contribution in [2.24, 2.45) is 5.92 Å². The second kappa shape index (κ2) is 7.81. The molecule has 2 aromatic rings. The number of aromatic nitrogens is 2. The molecule has 1 saturated heterocycles. The van der Waals surface area contributed by atoms with E-state index in [0.717, 1.165) is 47.7 Å². The van der Waals surface area contributed by atoms with Crippen LogP contribution in [0.2, 0.25) is 0 Å². The lowest BCUT2D eigenvalue weighted by Crippen LogP contribution is -2.56. The molecule has 2 aromatic heterocycles. The number of amides is 1. The van der Waals surface area contributed by atoms with Crippen LogP contribution in [0.25, 0.3) is 17.2 Å². The molecule has 3 aliphatic rings. The number of hydrogen-bond donors (Lipinski definition) is 0. The molecule has 2 aliphatic carbocycles. The molecule has 1 amide bonds. The van der Waals surface area contributed by atoms with Gasteiger partial charge >= 0.3 is 0 Å². The minimum absolute atomic E-state index is 0.148. The number of piperazine rings is 1. The maximum atomic E-state index is 12.1. The van der Waals surface area contributed by atoms with Crippen molar-refractivity contribution in [3.05, 3.63) is 47.9 Å². The van der Waals surface area contributed by atoms with Crippen LogP contribution in [0.3, 0.4) is 0 Å². The maximum absolute atomic E-state index is 12.1. The number of rotatable bonds is 5. The van der Waals surface area contributed by atoms with Gasteiger partial charge in [-0.05, 0) is 61.4 Å². The molecule has 0 bridgehead atoms. The van der Waals surface area contributed by atoms with Crippen LogP contribution in [0.5, 0.6) is 0 Å². The number of hydrogen-bond acceptors (Lipinski definition) is 5. The molecule has 6 heteroatoms. The Bertz CT molecular complexity index is 1080. The minimum Gasteiger partial charge on any atom is -0.352 e. The van der Waals surface area contributed by atoms with Crippen molar-refractivity contribution in [1.29, 1.82) is 5.26 Å². The fourth-order valence-electron chi connectivity index (χ4n) is 4.75. The van der Waals surface area contributed by atoms with E-state index < -0.39 is 0 Å². The molecule has 158 valence electrons. The average molecular weight is 414 g/mol. The normalized spacial score (nSPS) is 21.0. The summed E-state index contributed by atoms with van der Waals surface area (Å²) in [6.07, 6.45) is 8.15. The zero-order chi connectivity index (χ0) is 21.5. The molecule has 5 rings (SSSR count). The van der Waals surface area contributed by atoms with E-state index in [1.807, 2.05) is 23.1 Å². The SMILES string of the molecule is C=Cc1cc(-c2cc(C#N)c(N3CCN(C(C)=O)C(C4CC4)C3)nc2C2CC2)ccn1. The van der Waals surface area contributed by atoms with Crippen molar-refractivity contribution in [1.82, 2.24) is 14.9 Å². The van der Waals surface area contributed by atoms with Gasteiger partial charge in [-0.2, -0.15) is 5.26 Å². The molecular formula is C25H27N5O. The second-order valence-corrected chi connectivity index (χ2v) is 8.92. The molecule has 0 aromatic carbocycles. The highest BCUT2D eigenvalue weighted by atomic mass is 16.2. The van der Waals surface area contributed by atoms with E-state index in [1.165, 1.54) is 12.8 Å². The molecule has 0 radical (unpaired) electrons. The van der Waals surface area contributed by atoms with E-state index >= 15 is 0 Å². The quantitative estimate of drug-likeness (QED) is 0.741. The summed E-state index contributed by atoms with van der Waals surface area (Å²) >= 11 is 0. The molecule has 1 atom stereocenters. The van der Waals surface area contributed by atoms with Gasteiger partial charge in [-0.1, -0.05) is 6.58 Å². The highest BCUT2D eigenvalue weighted by Crippen LogP contribution is 2.45. The van der Waals surface area contributed by atoms with Gasteiger partial charge in [0.2, 0.25) is 5.91 Å². The number of carbonyl (C=O) groups is 1. The van der Waals surface area contributed by atoms with Crippen molar-refractivity contribution in [2.45, 2.75) is 44.6 Å². The average Bonchev–Trinajstić information content (AvgIpc) is 3.71. The first-order valence-electron chi connectivity index (χ1n) is 11.1. The van der Waals surface area contributed by atoms with Crippen molar-refractivity contribution < 1.29 is 4.79 Å². The zero-order valence-corrected chi connectivity index (χ0v) is 17.9. The first kappa shape index (κ1) is 19.7. The van der Waals surface area contributed by atoms with Gasteiger partial charge in [0.15, 0.2) is 0 Å². The van der Waals surface area contributed by atoms with E-state index in [-0.39, 0.29) is 11.9 Å². The van der Waals surface area contributed by atoms with Crippen LogP contribution in [-0.4, -0.2) is 46.5 Å². The number of nitrogens with zero attached hydrogens (tertiary/aromatic N) is 5. The smallest absolute Gasteiger partial charge is 0.219 e. The van der Waals surface area contributed by atoms with Crippen LogP contribution in [0.4, 0.5) is 5.82 Å². The summed E-state index contributed by atoms with van der Waals surface area (Å²) in [5.41, 5.74) is 4.54. The van der Waals surface area contributed by atoms with Gasteiger partial charge in [0.25, 0.3) is 0 Å². The number of nitriles is 1. The maximum Gasteiger partial charge on any atom is 0.219 e. The predicted molar refractivity (Wildman–Crippen MR) is 120 cm³/mol. The van der Waals surface area contributed by atoms with E-state index in [0.29, 0.717) is 30.5 Å². The number of carbonyl (C=O) groups excluding carboxylic acids is 1. The summed E-state index contributed by atoms with van der Waals surface area (Å²) in [5.74, 6) is 1.95. The van der Waals surface area contributed by atoms with Gasteiger partial charge in [0.05, 0.1) is 23.0 Å². The van der Waals surface area contributed by atoms with Crippen LogP contribution >= 0.6 is 0 Å². The third kappa shape index (κ3) is 3.81. The second-order valence-electron chi connectivity index (χ2n) is 8.92. The van der Waals surface area contributed by atoms with Crippen LogP contribution in [0.1, 0.15) is 55.5 Å². The fourth-order valence-corrected chi connectivity index (χ4v) is 4.75. The molecule has 2 saturated carbocycles. The first-order valence-corrected chi connectivity index (χ1v) is 11.1. The van der Waals surface area contributed by atoms with Gasteiger partial charge in [-0.3, -0.25) is 9.78 Å². The zero-order valence-electron chi connectivity index (χ0n) is 17.9. The molecule has 1 aliphatic heterocycles. The Kier molecular flexibility index (Phi) is 4.97. The third-order valence-electron chi connectivity index (χ3n) is 6.71. The first-order chi connectivity index (χ1) is 15.1. The molecule has 3 fully saturated rings. The number of pyridine rings is 2. The number of anilines is 1. The Labute approximate surface area is 183 Å². The van der Waals surface area contributed by atoms with Gasteiger partial charge < -0.3 is 9.80 Å². The van der Waals surface area contributed by atoms with Gasteiger partial charge in [-0.25, -0.2) is 4.98 Å². The van der Waals surface area contributed by atoms with Crippen LogP contribution < -0.4 is 4.90 Å². The summed E-state index contributed by atoms with van der Waals surface area (Å²) < 4.78 is 0. The lowest BCUT2D eigenvalue weighted by Gasteiger charge is -2.42.